The van der Waals surface area contributed by atoms with Crippen molar-refractivity contribution < 1.29 is 14.5 Å². The van der Waals surface area contributed by atoms with E-state index in [1.807, 2.05) is 13.8 Å². The van der Waals surface area contributed by atoms with Gasteiger partial charge < -0.3 is 15.4 Å². The molecule has 0 fully saturated rings. The Kier molecular flexibility index (Phi) is 6.61. The van der Waals surface area contributed by atoms with Gasteiger partial charge in [0.05, 0.1) is 11.5 Å². The molecule has 0 atom stereocenters. The molecule has 1 aromatic carbocycles. The molecule has 1 amide bonds. The van der Waals surface area contributed by atoms with Crippen LogP contribution in [0.1, 0.15) is 24.2 Å². The van der Waals surface area contributed by atoms with Crippen molar-refractivity contribution in [3.63, 3.8) is 0 Å². The maximum atomic E-state index is 11.9. The number of nitrogens with zero attached hydrogens (tertiary/aromatic N) is 1. The molecule has 116 valence electrons. The van der Waals surface area contributed by atoms with Gasteiger partial charge in [-0.1, -0.05) is 13.8 Å². The van der Waals surface area contributed by atoms with Crippen LogP contribution in [-0.4, -0.2) is 37.6 Å². The maximum absolute atomic E-state index is 11.9. The molecule has 0 heterocycles. The number of amides is 1. The number of methoxy groups -OCH3 is 1. The van der Waals surface area contributed by atoms with E-state index in [0.29, 0.717) is 31.3 Å². The number of carbonyl (C=O) groups excluding carboxylic acids is 1. The van der Waals surface area contributed by atoms with Gasteiger partial charge in [0.2, 0.25) is 0 Å². The molecule has 21 heavy (non-hydrogen) atoms. The van der Waals surface area contributed by atoms with Crippen LogP contribution in [0.2, 0.25) is 0 Å². The third-order valence-electron chi connectivity index (χ3n) is 2.75. The predicted molar refractivity (Wildman–Crippen MR) is 80.6 cm³/mol. The molecule has 7 nitrogen and oxygen atoms in total. The number of hydrogen-bond acceptors (Lipinski definition) is 5. The Morgan fingerprint density at radius 3 is 2.71 bits per heavy atom. The molecule has 0 aliphatic rings. The van der Waals surface area contributed by atoms with E-state index >= 15 is 0 Å². The predicted octanol–water partition coefficient (Wildman–Crippen LogP) is 2.04. The summed E-state index contributed by atoms with van der Waals surface area (Å²) in [5, 5.41) is 16.7. The topological polar surface area (TPSA) is 93.5 Å². The summed E-state index contributed by atoms with van der Waals surface area (Å²) in [6.45, 7) is 5.38. The first-order chi connectivity index (χ1) is 9.95. The zero-order valence-corrected chi connectivity index (χ0v) is 12.5. The number of nitrogens with one attached hydrogen (secondary N) is 2. The van der Waals surface area contributed by atoms with Gasteiger partial charge in [-0.25, -0.2) is 0 Å². The van der Waals surface area contributed by atoms with Gasteiger partial charge >= 0.3 is 0 Å². The van der Waals surface area contributed by atoms with Gasteiger partial charge in [0.1, 0.15) is 5.69 Å². The first-order valence-corrected chi connectivity index (χ1v) is 6.75. The first-order valence-electron chi connectivity index (χ1n) is 6.75. The molecule has 7 heteroatoms. The van der Waals surface area contributed by atoms with Gasteiger partial charge in [0, 0.05) is 31.8 Å². The van der Waals surface area contributed by atoms with Crippen LogP contribution in [0.4, 0.5) is 11.4 Å². The Morgan fingerprint density at radius 2 is 2.14 bits per heavy atom. The van der Waals surface area contributed by atoms with Gasteiger partial charge in [-0.05, 0) is 18.1 Å². The largest absolute Gasteiger partial charge is 0.383 e. The maximum Gasteiger partial charge on any atom is 0.293 e. The highest BCUT2D eigenvalue weighted by Gasteiger charge is 2.17. The highest BCUT2D eigenvalue weighted by atomic mass is 16.6. The number of nitro groups is 1. The molecule has 0 bridgehead atoms. The third-order valence-corrected chi connectivity index (χ3v) is 2.75. The Balaban J connectivity index is 2.87. The van der Waals surface area contributed by atoms with E-state index < -0.39 is 4.92 Å². The lowest BCUT2D eigenvalue weighted by atomic mass is 10.1. The number of hydrogen-bond donors (Lipinski definition) is 2. The van der Waals surface area contributed by atoms with Gasteiger partial charge in [-0.2, -0.15) is 0 Å². The van der Waals surface area contributed by atoms with Crippen molar-refractivity contribution in [2.24, 2.45) is 5.92 Å². The summed E-state index contributed by atoms with van der Waals surface area (Å²) in [7, 11) is 1.55. The molecular weight excluding hydrogens is 274 g/mol. The van der Waals surface area contributed by atoms with Crippen LogP contribution in [-0.2, 0) is 4.74 Å². The summed E-state index contributed by atoms with van der Waals surface area (Å²) < 4.78 is 4.88. The number of ether oxygens (including phenoxy) is 1. The molecule has 0 unspecified atom stereocenters. The van der Waals surface area contributed by atoms with Crippen LogP contribution in [0.3, 0.4) is 0 Å². The molecular formula is C14H21N3O4. The van der Waals surface area contributed by atoms with Crippen LogP contribution in [0.5, 0.6) is 0 Å². The summed E-state index contributed by atoms with van der Waals surface area (Å²) >= 11 is 0. The molecule has 1 rings (SSSR count). The Labute approximate surface area is 123 Å². The third kappa shape index (κ3) is 5.39. The highest BCUT2D eigenvalue weighted by molar-refractivity contribution is 5.95. The Morgan fingerprint density at radius 1 is 1.43 bits per heavy atom. The SMILES string of the molecule is COCCNc1ccc(C(=O)NCC(C)C)cc1[N+](=O)[O-]. The van der Waals surface area contributed by atoms with E-state index in [1.54, 1.807) is 13.2 Å². The summed E-state index contributed by atoms with van der Waals surface area (Å²) in [5.41, 5.74) is 0.528. The van der Waals surface area contributed by atoms with Crippen LogP contribution in [0.15, 0.2) is 18.2 Å². The van der Waals surface area contributed by atoms with Gasteiger partial charge in [0.15, 0.2) is 0 Å². The van der Waals surface area contributed by atoms with Crippen LogP contribution in [0, 0.1) is 16.0 Å². The van der Waals surface area contributed by atoms with E-state index in [9.17, 15) is 14.9 Å². The molecule has 0 saturated heterocycles. The number of rotatable bonds is 8. The molecule has 0 radical (unpaired) electrons. The molecule has 0 saturated carbocycles. The lowest BCUT2D eigenvalue weighted by molar-refractivity contribution is -0.384. The van der Waals surface area contributed by atoms with Crippen LogP contribution < -0.4 is 10.6 Å². The van der Waals surface area contributed by atoms with Gasteiger partial charge in [-0.15, -0.1) is 0 Å². The van der Waals surface area contributed by atoms with Gasteiger partial charge in [0.25, 0.3) is 11.6 Å². The van der Waals surface area contributed by atoms with Crippen molar-refractivity contribution in [1.82, 2.24) is 5.32 Å². The fourth-order valence-corrected chi connectivity index (χ4v) is 1.66. The first kappa shape index (κ1) is 16.9. The fraction of sp³-hybridized carbons (Fsp3) is 0.500. The van der Waals surface area contributed by atoms with Crippen molar-refractivity contribution in [1.29, 1.82) is 0 Å². The monoisotopic (exact) mass is 295 g/mol. The van der Waals surface area contributed by atoms with Crippen molar-refractivity contribution >= 4 is 17.3 Å². The molecule has 1 aromatic rings. The number of carbonyl (C=O) groups is 1. The smallest absolute Gasteiger partial charge is 0.293 e. The van der Waals surface area contributed by atoms with Gasteiger partial charge in [-0.3, -0.25) is 14.9 Å². The second-order valence-electron chi connectivity index (χ2n) is 5.01. The summed E-state index contributed by atoms with van der Waals surface area (Å²) in [4.78, 5) is 22.5. The summed E-state index contributed by atoms with van der Waals surface area (Å²) in [6.07, 6.45) is 0. The van der Waals surface area contributed by atoms with Crippen molar-refractivity contribution in [2.75, 3.05) is 32.1 Å². The quantitative estimate of drug-likeness (QED) is 0.435. The van der Waals surface area contributed by atoms with Crippen molar-refractivity contribution in [3.05, 3.63) is 33.9 Å². The van der Waals surface area contributed by atoms with E-state index in [4.69, 9.17) is 4.74 Å². The second kappa shape index (κ2) is 8.21. The lowest BCUT2D eigenvalue weighted by Gasteiger charge is -2.10. The minimum Gasteiger partial charge on any atom is -0.383 e. The van der Waals surface area contributed by atoms with Crippen molar-refractivity contribution in [2.45, 2.75) is 13.8 Å². The van der Waals surface area contributed by atoms with Crippen molar-refractivity contribution in [3.8, 4) is 0 Å². The number of benzene rings is 1. The van der Waals surface area contributed by atoms with E-state index in [1.165, 1.54) is 12.1 Å². The summed E-state index contributed by atoms with van der Waals surface area (Å²) in [5.74, 6) is 0.00848. The number of nitro benzene ring substituents is 1. The fourth-order valence-electron chi connectivity index (χ4n) is 1.66. The van der Waals surface area contributed by atoms with E-state index in [2.05, 4.69) is 10.6 Å². The standard InChI is InChI=1S/C14H21N3O4/c1-10(2)9-16-14(18)11-4-5-12(15-6-7-21-3)13(8-11)17(19)20/h4-5,8,10,15H,6-7,9H2,1-3H3,(H,16,18). The second-order valence-corrected chi connectivity index (χ2v) is 5.01. The molecule has 0 aliphatic carbocycles. The summed E-state index contributed by atoms with van der Waals surface area (Å²) in [6, 6.07) is 4.39. The molecule has 0 aliphatic heterocycles. The highest BCUT2D eigenvalue weighted by Crippen LogP contribution is 2.25. The lowest BCUT2D eigenvalue weighted by Crippen LogP contribution is -2.27. The minimum atomic E-state index is -0.506. The Bertz CT molecular complexity index is 503. The Hall–Kier alpha value is -2.15. The van der Waals surface area contributed by atoms with E-state index in [-0.39, 0.29) is 17.2 Å². The average Bonchev–Trinajstić information content (AvgIpc) is 2.45. The van der Waals surface area contributed by atoms with Crippen LogP contribution >= 0.6 is 0 Å². The van der Waals surface area contributed by atoms with Crippen LogP contribution in [0.25, 0.3) is 0 Å². The average molecular weight is 295 g/mol. The zero-order valence-electron chi connectivity index (χ0n) is 12.5. The zero-order chi connectivity index (χ0) is 15.8. The minimum absolute atomic E-state index is 0.122. The molecule has 2 N–H and O–H groups in total. The number of anilines is 1. The molecule has 0 spiro atoms. The normalized spacial score (nSPS) is 10.5. The molecule has 0 aromatic heterocycles. The van der Waals surface area contributed by atoms with E-state index in [0.717, 1.165) is 0 Å².